The van der Waals surface area contributed by atoms with Crippen molar-refractivity contribution >= 4 is 35.4 Å². The number of likely N-dealkylation sites (tertiary alicyclic amines) is 1. The van der Waals surface area contributed by atoms with Crippen molar-refractivity contribution in [1.82, 2.24) is 10.2 Å². The molecule has 12 heteroatoms. The fourth-order valence-electron chi connectivity index (χ4n) is 4.83. The van der Waals surface area contributed by atoms with E-state index in [0.29, 0.717) is 18.2 Å². The Labute approximate surface area is 262 Å². The number of nitrogens with zero attached hydrogens (tertiary/aromatic N) is 2. The zero-order valence-corrected chi connectivity index (χ0v) is 26.6. The summed E-state index contributed by atoms with van der Waals surface area (Å²) in [6, 6.07) is 16.1. The van der Waals surface area contributed by atoms with Gasteiger partial charge in [0.2, 0.25) is 18.2 Å². The molecule has 1 aliphatic rings. The largest absolute Gasteiger partial charge is 0.457 e. The minimum atomic E-state index is -1.05. The number of amides is 3. The number of carbonyl (C=O) groups excluding carboxylic acids is 3. The predicted octanol–water partition coefficient (Wildman–Crippen LogP) is 3.69. The van der Waals surface area contributed by atoms with Crippen LogP contribution in [0.4, 0.5) is 0 Å². The molecule has 5 N–H and O–H groups in total. The normalized spacial score (nSPS) is 18.6. The van der Waals surface area contributed by atoms with Gasteiger partial charge < -0.3 is 35.9 Å². The summed E-state index contributed by atoms with van der Waals surface area (Å²) in [6.45, 7) is 6.34. The number of primary amides is 1. The molecule has 0 radical (unpaired) electrons. The van der Waals surface area contributed by atoms with Crippen molar-refractivity contribution in [3.8, 4) is 11.5 Å². The van der Waals surface area contributed by atoms with Crippen molar-refractivity contribution in [3.05, 3.63) is 81.5 Å². The molecule has 1 aliphatic heterocycles. The molecule has 2 unspecified atom stereocenters. The summed E-state index contributed by atoms with van der Waals surface area (Å²) in [6.07, 6.45) is 0.607. The Hall–Kier alpha value is -4.26. The minimum absolute atomic E-state index is 0.125. The van der Waals surface area contributed by atoms with Gasteiger partial charge in [0, 0.05) is 43.0 Å². The van der Waals surface area contributed by atoms with Gasteiger partial charge in [-0.05, 0) is 56.7 Å². The molecule has 2 aromatic carbocycles. The van der Waals surface area contributed by atoms with E-state index in [1.165, 1.54) is 11.3 Å². The number of nitrogens with two attached hydrogens (primary N) is 2. The highest BCUT2D eigenvalue weighted by atomic mass is 32.1. The van der Waals surface area contributed by atoms with Crippen LogP contribution in [0, 0.1) is 6.92 Å². The SMILES string of the molecule is CCOC1(OC)CC(C(=O)N[C@H](C)c2cc(C(N)=NC)cs2)N(C(=O)Cc2ccc(Oc3ccc(C)cc3)cc2)C1.NC=O. The summed E-state index contributed by atoms with van der Waals surface area (Å²) >= 11 is 1.49. The fraction of sp³-hybridized carbons (Fsp3) is 0.375. The van der Waals surface area contributed by atoms with Crippen LogP contribution in [0.3, 0.4) is 0 Å². The number of hydrogen-bond acceptors (Lipinski definition) is 8. The van der Waals surface area contributed by atoms with Crippen LogP contribution in [0.5, 0.6) is 11.5 Å². The van der Waals surface area contributed by atoms with E-state index < -0.39 is 11.8 Å². The lowest BCUT2D eigenvalue weighted by Crippen LogP contribution is -2.47. The highest BCUT2D eigenvalue weighted by Crippen LogP contribution is 2.33. The smallest absolute Gasteiger partial charge is 0.243 e. The molecule has 2 heterocycles. The van der Waals surface area contributed by atoms with E-state index >= 15 is 0 Å². The molecule has 44 heavy (non-hydrogen) atoms. The lowest BCUT2D eigenvalue weighted by atomic mass is 10.1. The highest BCUT2D eigenvalue weighted by molar-refractivity contribution is 7.10. The Morgan fingerprint density at radius 2 is 1.80 bits per heavy atom. The van der Waals surface area contributed by atoms with Gasteiger partial charge >= 0.3 is 0 Å². The van der Waals surface area contributed by atoms with Gasteiger partial charge in [-0.2, -0.15) is 0 Å². The topological polar surface area (TPSA) is 159 Å². The van der Waals surface area contributed by atoms with E-state index in [1.54, 1.807) is 19.1 Å². The number of aliphatic imine (C=N–C) groups is 1. The van der Waals surface area contributed by atoms with E-state index in [4.69, 9.17) is 24.7 Å². The summed E-state index contributed by atoms with van der Waals surface area (Å²) in [5.41, 5.74) is 12.9. The average Bonchev–Trinajstić information content (AvgIpc) is 3.66. The van der Waals surface area contributed by atoms with Gasteiger partial charge in [0.05, 0.1) is 19.0 Å². The zero-order valence-electron chi connectivity index (χ0n) is 25.7. The zero-order chi connectivity index (χ0) is 32.3. The first-order valence-electron chi connectivity index (χ1n) is 14.2. The third-order valence-electron chi connectivity index (χ3n) is 7.17. The molecule has 1 saturated heterocycles. The lowest BCUT2D eigenvalue weighted by Gasteiger charge is -2.27. The van der Waals surface area contributed by atoms with Gasteiger partial charge in [-0.25, -0.2) is 0 Å². The first kappa shape index (κ1) is 34.2. The van der Waals surface area contributed by atoms with E-state index in [-0.39, 0.29) is 43.7 Å². The molecule has 4 rings (SSSR count). The summed E-state index contributed by atoms with van der Waals surface area (Å²) in [4.78, 5) is 42.3. The van der Waals surface area contributed by atoms with Crippen molar-refractivity contribution < 1.29 is 28.6 Å². The second kappa shape index (κ2) is 16.0. The summed E-state index contributed by atoms with van der Waals surface area (Å²) in [7, 11) is 3.18. The third kappa shape index (κ3) is 8.88. The number of carbonyl (C=O) groups is 3. The van der Waals surface area contributed by atoms with Gasteiger partial charge in [0.1, 0.15) is 23.4 Å². The van der Waals surface area contributed by atoms with Gasteiger partial charge in [-0.3, -0.25) is 19.4 Å². The average molecular weight is 624 g/mol. The van der Waals surface area contributed by atoms with Crippen molar-refractivity contribution in [3.63, 3.8) is 0 Å². The van der Waals surface area contributed by atoms with Crippen LogP contribution in [-0.2, 0) is 30.3 Å². The van der Waals surface area contributed by atoms with Crippen molar-refractivity contribution in [2.45, 2.75) is 51.5 Å². The van der Waals surface area contributed by atoms with Gasteiger partial charge in [-0.15, -0.1) is 11.3 Å². The highest BCUT2D eigenvalue weighted by Gasteiger charge is 2.50. The molecule has 3 atom stereocenters. The minimum Gasteiger partial charge on any atom is -0.457 e. The van der Waals surface area contributed by atoms with Crippen LogP contribution < -0.4 is 21.5 Å². The molecule has 11 nitrogen and oxygen atoms in total. The van der Waals surface area contributed by atoms with Crippen LogP contribution in [0.15, 0.2) is 65.0 Å². The van der Waals surface area contributed by atoms with Gasteiger partial charge in [-0.1, -0.05) is 29.8 Å². The molecule has 1 aromatic heterocycles. The number of amidine groups is 1. The van der Waals surface area contributed by atoms with Crippen LogP contribution in [0.2, 0.25) is 0 Å². The first-order valence-corrected chi connectivity index (χ1v) is 15.0. The summed E-state index contributed by atoms with van der Waals surface area (Å²) < 4.78 is 17.6. The van der Waals surface area contributed by atoms with Gasteiger partial charge in [0.25, 0.3) is 0 Å². The number of benzene rings is 2. The first-order chi connectivity index (χ1) is 21.1. The molecule has 3 aromatic rings. The van der Waals surface area contributed by atoms with Crippen molar-refractivity contribution in [2.75, 3.05) is 27.3 Å². The number of nitrogens with one attached hydrogen (secondary N) is 1. The number of ether oxygens (including phenoxy) is 3. The Morgan fingerprint density at radius 1 is 1.18 bits per heavy atom. The van der Waals surface area contributed by atoms with E-state index in [9.17, 15) is 9.59 Å². The molecule has 0 bridgehead atoms. The number of methoxy groups -OCH3 is 1. The maximum atomic E-state index is 13.6. The number of rotatable bonds is 11. The second-order valence-electron chi connectivity index (χ2n) is 10.2. The predicted molar refractivity (Wildman–Crippen MR) is 171 cm³/mol. The van der Waals surface area contributed by atoms with Crippen LogP contribution in [-0.4, -0.2) is 68.1 Å². The van der Waals surface area contributed by atoms with E-state index in [2.05, 4.69) is 16.0 Å². The van der Waals surface area contributed by atoms with Gasteiger partial charge in [0.15, 0.2) is 5.79 Å². The Morgan fingerprint density at radius 3 is 2.36 bits per heavy atom. The molecule has 1 fully saturated rings. The molecular formula is C32H41N5O6S. The van der Waals surface area contributed by atoms with E-state index in [0.717, 1.165) is 27.3 Å². The Bertz CT molecular complexity index is 1430. The number of aryl methyl sites for hydroxylation is 1. The molecule has 0 spiro atoms. The van der Waals surface area contributed by atoms with Crippen LogP contribution in [0.1, 0.15) is 47.9 Å². The maximum absolute atomic E-state index is 13.6. The van der Waals surface area contributed by atoms with Crippen LogP contribution in [0.25, 0.3) is 0 Å². The molecule has 3 amide bonds. The standard InChI is InChI=1S/C31H38N4O5S.CH3NO/c1-6-39-31(38-5)17-26(30(37)34-21(3)27-16-23(18-41-27)29(32)33-4)35(19-31)28(36)15-22-9-13-25(14-10-22)40-24-11-7-20(2)8-12-24;2-1-3/h7-14,16,18,21,26H,6,15,17,19H2,1-5H3,(H2,32,33)(H,34,37);1H,(H2,2,3)/t21-,26?,31?;/m1./s1. The Kier molecular flexibility index (Phi) is 12.4. The molecular weight excluding hydrogens is 582 g/mol. The quantitative estimate of drug-likeness (QED) is 0.127. The number of thiophene rings is 1. The second-order valence-corrected chi connectivity index (χ2v) is 11.2. The van der Waals surface area contributed by atoms with Crippen LogP contribution >= 0.6 is 11.3 Å². The van der Waals surface area contributed by atoms with Crippen molar-refractivity contribution in [1.29, 1.82) is 0 Å². The molecule has 0 saturated carbocycles. The molecule has 236 valence electrons. The van der Waals surface area contributed by atoms with Crippen molar-refractivity contribution in [2.24, 2.45) is 16.5 Å². The fourth-order valence-corrected chi connectivity index (χ4v) is 5.74. The number of hydrogen-bond donors (Lipinski definition) is 3. The summed E-state index contributed by atoms with van der Waals surface area (Å²) in [5, 5.41) is 4.97. The van der Waals surface area contributed by atoms with E-state index in [1.807, 2.05) is 80.7 Å². The lowest BCUT2D eigenvalue weighted by molar-refractivity contribution is -0.210. The Balaban J connectivity index is 0.00000169. The summed E-state index contributed by atoms with van der Waals surface area (Å²) in [5.74, 6) is 0.356. The maximum Gasteiger partial charge on any atom is 0.243 e. The monoisotopic (exact) mass is 623 g/mol. The third-order valence-corrected chi connectivity index (χ3v) is 8.29. The molecule has 0 aliphatic carbocycles.